The molecule has 0 aliphatic rings. The summed E-state index contributed by atoms with van der Waals surface area (Å²) in [5.41, 5.74) is 7.01. The Bertz CT molecular complexity index is 378. The fraction of sp³-hybridized carbons (Fsp3) is 0.429. The van der Waals surface area contributed by atoms with Crippen molar-refractivity contribution in [1.82, 2.24) is 0 Å². The van der Waals surface area contributed by atoms with E-state index in [0.29, 0.717) is 0 Å². The monoisotopic (exact) mass is 186 g/mol. The Morgan fingerprint density at radius 1 is 1.07 bits per heavy atom. The van der Waals surface area contributed by atoms with Crippen LogP contribution >= 0.6 is 0 Å². The van der Waals surface area contributed by atoms with Crippen LogP contribution in [0.4, 0.5) is 0 Å². The van der Waals surface area contributed by atoms with Gasteiger partial charge < -0.3 is 0 Å². The second kappa shape index (κ2) is 4.33. The highest BCUT2D eigenvalue weighted by Gasteiger charge is 2.06. The van der Waals surface area contributed by atoms with E-state index in [2.05, 4.69) is 39.7 Å². The molecule has 1 aromatic carbocycles. The van der Waals surface area contributed by atoms with Gasteiger partial charge >= 0.3 is 0 Å². The Morgan fingerprint density at radius 3 is 2.29 bits per heavy atom. The van der Waals surface area contributed by atoms with Gasteiger partial charge in [0.2, 0.25) is 0 Å². The molecule has 0 fully saturated rings. The quantitative estimate of drug-likeness (QED) is 0.620. The minimum atomic E-state index is 0.837. The molecule has 0 saturated heterocycles. The third kappa shape index (κ3) is 1.99. The van der Waals surface area contributed by atoms with Crippen molar-refractivity contribution in [3.05, 3.63) is 33.9 Å². The molecule has 0 N–H and O–H groups in total. The minimum Gasteiger partial charge on any atom is -0.120 e. The van der Waals surface area contributed by atoms with E-state index in [1.165, 1.54) is 27.8 Å². The molecule has 0 heteroatoms. The summed E-state index contributed by atoms with van der Waals surface area (Å²) in [6, 6.07) is 2.26. The summed E-state index contributed by atoms with van der Waals surface area (Å²) in [7, 11) is 0. The van der Waals surface area contributed by atoms with Crippen LogP contribution in [-0.2, 0) is 6.42 Å². The van der Waals surface area contributed by atoms with Crippen LogP contribution in [-0.4, -0.2) is 0 Å². The van der Waals surface area contributed by atoms with Crippen molar-refractivity contribution in [2.75, 3.05) is 0 Å². The lowest BCUT2D eigenvalue weighted by Gasteiger charge is -2.13. The van der Waals surface area contributed by atoms with Crippen LogP contribution in [0.15, 0.2) is 6.07 Å². The molecule has 1 aromatic rings. The van der Waals surface area contributed by atoms with Crippen molar-refractivity contribution in [3.8, 4) is 12.3 Å². The van der Waals surface area contributed by atoms with Crippen LogP contribution in [0.5, 0.6) is 0 Å². The van der Waals surface area contributed by atoms with Crippen molar-refractivity contribution in [2.45, 2.75) is 40.5 Å². The molecule has 0 saturated carbocycles. The zero-order valence-electron chi connectivity index (χ0n) is 9.57. The Labute approximate surface area is 87.4 Å². The number of hydrogen-bond donors (Lipinski definition) is 0. The van der Waals surface area contributed by atoms with Crippen molar-refractivity contribution in [2.24, 2.45) is 0 Å². The largest absolute Gasteiger partial charge is 0.120 e. The maximum Gasteiger partial charge on any atom is 0.0127 e. The highest BCUT2D eigenvalue weighted by atomic mass is 14.1. The molecule has 0 spiro atoms. The van der Waals surface area contributed by atoms with Crippen molar-refractivity contribution in [1.29, 1.82) is 0 Å². The summed E-state index contributed by atoms with van der Waals surface area (Å²) in [6.07, 6.45) is 7.14. The Morgan fingerprint density at radius 2 is 1.71 bits per heavy atom. The molecule has 0 unspecified atom stereocenters. The maximum absolute atomic E-state index is 5.29. The molecule has 0 bridgehead atoms. The maximum atomic E-state index is 5.29. The van der Waals surface area contributed by atoms with E-state index in [-0.39, 0.29) is 0 Å². The second-order valence-corrected chi connectivity index (χ2v) is 3.94. The van der Waals surface area contributed by atoms with Gasteiger partial charge in [-0.05, 0) is 61.9 Å². The van der Waals surface area contributed by atoms with Crippen LogP contribution in [0.25, 0.3) is 0 Å². The van der Waals surface area contributed by atoms with Gasteiger partial charge in [0.05, 0.1) is 0 Å². The van der Waals surface area contributed by atoms with Crippen molar-refractivity contribution in [3.63, 3.8) is 0 Å². The predicted molar refractivity (Wildman–Crippen MR) is 62.5 cm³/mol. The molecule has 0 amide bonds. The van der Waals surface area contributed by atoms with Crippen LogP contribution in [0, 0.1) is 40.0 Å². The van der Waals surface area contributed by atoms with Crippen molar-refractivity contribution >= 4 is 0 Å². The Hall–Kier alpha value is -1.22. The van der Waals surface area contributed by atoms with Crippen LogP contribution in [0.1, 0.15) is 34.2 Å². The Balaban J connectivity index is 3.17. The topological polar surface area (TPSA) is 0 Å². The fourth-order valence-corrected chi connectivity index (χ4v) is 1.92. The van der Waals surface area contributed by atoms with Gasteiger partial charge in [0, 0.05) is 6.42 Å². The molecular weight excluding hydrogens is 168 g/mol. The summed E-state index contributed by atoms with van der Waals surface area (Å²) in [5, 5.41) is 0. The standard InChI is InChI=1S/C14H18/c1-6-7-8-14-11(3)9-10(2)12(4)13(14)5/h1,9H,7-8H2,2-5H3. The van der Waals surface area contributed by atoms with E-state index < -0.39 is 0 Å². The lowest BCUT2D eigenvalue weighted by molar-refractivity contribution is 0.983. The zero-order valence-corrected chi connectivity index (χ0v) is 9.57. The first kappa shape index (κ1) is 10.9. The van der Waals surface area contributed by atoms with E-state index in [4.69, 9.17) is 6.42 Å². The first-order valence-corrected chi connectivity index (χ1v) is 5.07. The molecule has 14 heavy (non-hydrogen) atoms. The summed E-state index contributed by atoms with van der Waals surface area (Å²) in [5.74, 6) is 2.70. The third-order valence-electron chi connectivity index (χ3n) is 3.04. The van der Waals surface area contributed by atoms with E-state index in [1.54, 1.807) is 0 Å². The lowest BCUT2D eigenvalue weighted by Crippen LogP contribution is -1.98. The summed E-state index contributed by atoms with van der Waals surface area (Å²) < 4.78 is 0. The first-order chi connectivity index (χ1) is 6.57. The molecule has 0 nitrogen and oxygen atoms in total. The number of rotatable bonds is 2. The summed E-state index contributed by atoms with van der Waals surface area (Å²) in [6.45, 7) is 8.72. The van der Waals surface area contributed by atoms with Crippen LogP contribution < -0.4 is 0 Å². The molecule has 1 rings (SSSR count). The molecular formula is C14H18. The zero-order chi connectivity index (χ0) is 10.7. The first-order valence-electron chi connectivity index (χ1n) is 5.07. The smallest absolute Gasteiger partial charge is 0.0127 e. The molecule has 0 radical (unpaired) electrons. The van der Waals surface area contributed by atoms with Gasteiger partial charge in [-0.2, -0.15) is 0 Å². The van der Waals surface area contributed by atoms with Crippen LogP contribution in [0.2, 0.25) is 0 Å². The highest BCUT2D eigenvalue weighted by molar-refractivity contribution is 5.44. The van der Waals surface area contributed by atoms with Crippen LogP contribution in [0.3, 0.4) is 0 Å². The van der Waals surface area contributed by atoms with Gasteiger partial charge in [0.25, 0.3) is 0 Å². The molecule has 0 atom stereocenters. The number of terminal acetylenes is 1. The number of aryl methyl sites for hydroxylation is 2. The van der Waals surface area contributed by atoms with Gasteiger partial charge in [-0.1, -0.05) is 6.07 Å². The number of hydrogen-bond acceptors (Lipinski definition) is 0. The van der Waals surface area contributed by atoms with E-state index in [1.807, 2.05) is 0 Å². The molecule has 0 aliphatic heterocycles. The highest BCUT2D eigenvalue weighted by Crippen LogP contribution is 2.22. The molecule has 0 aliphatic carbocycles. The van der Waals surface area contributed by atoms with E-state index >= 15 is 0 Å². The predicted octanol–water partition coefficient (Wildman–Crippen LogP) is 3.49. The fourth-order valence-electron chi connectivity index (χ4n) is 1.92. The SMILES string of the molecule is C#CCCc1c(C)cc(C)c(C)c1C. The normalized spacial score (nSPS) is 9.93. The summed E-state index contributed by atoms with van der Waals surface area (Å²) in [4.78, 5) is 0. The van der Waals surface area contributed by atoms with Gasteiger partial charge in [-0.15, -0.1) is 12.3 Å². The molecule has 74 valence electrons. The average molecular weight is 186 g/mol. The third-order valence-corrected chi connectivity index (χ3v) is 3.04. The van der Waals surface area contributed by atoms with Gasteiger partial charge in [-0.3, -0.25) is 0 Å². The lowest BCUT2D eigenvalue weighted by atomic mass is 9.92. The van der Waals surface area contributed by atoms with Crippen molar-refractivity contribution < 1.29 is 0 Å². The molecule has 0 heterocycles. The van der Waals surface area contributed by atoms with Gasteiger partial charge in [0.15, 0.2) is 0 Å². The Kier molecular flexibility index (Phi) is 3.36. The van der Waals surface area contributed by atoms with E-state index in [0.717, 1.165) is 12.8 Å². The summed E-state index contributed by atoms with van der Waals surface area (Å²) >= 11 is 0. The second-order valence-electron chi connectivity index (χ2n) is 3.94. The van der Waals surface area contributed by atoms with E-state index in [9.17, 15) is 0 Å². The van der Waals surface area contributed by atoms with Gasteiger partial charge in [0.1, 0.15) is 0 Å². The minimum absolute atomic E-state index is 0.837. The average Bonchev–Trinajstić information content (AvgIpc) is 2.14. The van der Waals surface area contributed by atoms with Gasteiger partial charge in [-0.25, -0.2) is 0 Å². The number of benzene rings is 1. The molecule has 0 aromatic heterocycles.